The van der Waals surface area contributed by atoms with Crippen LogP contribution in [-0.4, -0.2) is 66.6 Å². The monoisotopic (exact) mass is 502 g/mol. The molecule has 0 spiro atoms. The molecular formula is C26H28Cl2N2O4. The number of ketones is 1. The van der Waals surface area contributed by atoms with Crippen molar-refractivity contribution < 1.29 is 19.1 Å². The summed E-state index contributed by atoms with van der Waals surface area (Å²) in [6.07, 6.45) is 3.01. The Balaban J connectivity index is 1.16. The van der Waals surface area contributed by atoms with Gasteiger partial charge in [0.15, 0.2) is 5.78 Å². The molecule has 0 bridgehead atoms. The number of carbonyl (C=O) groups is 2. The molecule has 0 saturated carbocycles. The largest absolute Gasteiger partial charge is 0.490 e. The molecule has 3 heterocycles. The third kappa shape index (κ3) is 5.19. The van der Waals surface area contributed by atoms with Gasteiger partial charge in [-0.1, -0.05) is 35.3 Å². The average Bonchev–Trinajstić information content (AvgIpc) is 2.85. The first kappa shape index (κ1) is 23.5. The topological polar surface area (TPSA) is 59.1 Å². The molecule has 8 heteroatoms. The molecular weight excluding hydrogens is 475 g/mol. The molecule has 5 rings (SSSR count). The van der Waals surface area contributed by atoms with Gasteiger partial charge in [0.2, 0.25) is 0 Å². The molecule has 0 aromatic heterocycles. The fourth-order valence-corrected chi connectivity index (χ4v) is 5.49. The van der Waals surface area contributed by atoms with Crippen molar-refractivity contribution in [1.29, 1.82) is 0 Å². The molecule has 3 fully saturated rings. The van der Waals surface area contributed by atoms with Crippen LogP contribution in [0.1, 0.15) is 25.7 Å². The first-order chi connectivity index (χ1) is 16.5. The van der Waals surface area contributed by atoms with Crippen molar-refractivity contribution in [2.24, 2.45) is 5.92 Å². The normalized spacial score (nSPS) is 23.5. The molecule has 2 aromatic carbocycles. The molecule has 0 unspecified atom stereocenters. The Kier molecular flexibility index (Phi) is 7.00. The smallest absolute Gasteiger partial charge is 0.320 e. The van der Waals surface area contributed by atoms with E-state index in [1.54, 1.807) is 0 Å². The summed E-state index contributed by atoms with van der Waals surface area (Å²) in [6, 6.07) is 13.3. The minimum atomic E-state index is 0.0402. The maximum atomic E-state index is 13.1. The second-order valence-electron chi connectivity index (χ2n) is 9.32. The van der Waals surface area contributed by atoms with Gasteiger partial charge in [0.05, 0.1) is 6.10 Å². The Labute approximate surface area is 209 Å². The van der Waals surface area contributed by atoms with Crippen LogP contribution < -0.4 is 4.74 Å². The van der Waals surface area contributed by atoms with Crippen LogP contribution in [0.5, 0.6) is 5.75 Å². The number of urea groups is 1. The number of ether oxygens (including phenoxy) is 2. The SMILES string of the molecule is O=C1CO[C@H]2CCN(C(=O)N3CCC(Oc4ccc(Cl)c(-c5ccc(Cl)cc5)c4)CC3)C[C@H]2C1. The molecule has 6 nitrogen and oxygen atoms in total. The van der Waals surface area contributed by atoms with Gasteiger partial charge in [0.25, 0.3) is 0 Å². The first-order valence-corrected chi connectivity index (χ1v) is 12.6. The molecule has 3 aliphatic heterocycles. The lowest BCUT2D eigenvalue weighted by molar-refractivity contribution is -0.140. The Morgan fingerprint density at radius 2 is 1.71 bits per heavy atom. The van der Waals surface area contributed by atoms with E-state index in [1.807, 2.05) is 52.3 Å². The van der Waals surface area contributed by atoms with E-state index in [4.69, 9.17) is 32.7 Å². The van der Waals surface area contributed by atoms with E-state index in [1.165, 1.54) is 0 Å². The number of halogens is 2. The number of carbonyl (C=O) groups excluding carboxylic acids is 2. The van der Waals surface area contributed by atoms with E-state index in [2.05, 4.69) is 0 Å². The van der Waals surface area contributed by atoms with Crippen molar-refractivity contribution in [1.82, 2.24) is 9.80 Å². The van der Waals surface area contributed by atoms with Gasteiger partial charge in [-0.25, -0.2) is 4.79 Å². The van der Waals surface area contributed by atoms with E-state index in [0.717, 1.165) is 36.1 Å². The van der Waals surface area contributed by atoms with E-state index in [0.29, 0.717) is 42.6 Å². The number of likely N-dealkylation sites (tertiary alicyclic amines) is 2. The van der Waals surface area contributed by atoms with Gasteiger partial charge in [-0.3, -0.25) is 4.79 Å². The Morgan fingerprint density at radius 1 is 0.971 bits per heavy atom. The number of nitrogens with zero attached hydrogens (tertiary/aromatic N) is 2. The molecule has 2 amide bonds. The molecule has 34 heavy (non-hydrogen) atoms. The quantitative estimate of drug-likeness (QED) is 0.570. The highest BCUT2D eigenvalue weighted by Crippen LogP contribution is 2.33. The summed E-state index contributed by atoms with van der Waals surface area (Å²) in [7, 11) is 0. The van der Waals surface area contributed by atoms with Gasteiger partial charge in [-0.05, 0) is 42.3 Å². The predicted octanol–water partition coefficient (Wildman–Crippen LogP) is 5.30. The van der Waals surface area contributed by atoms with Crippen LogP contribution in [0.15, 0.2) is 42.5 Å². The maximum absolute atomic E-state index is 13.1. The predicted molar refractivity (Wildman–Crippen MR) is 132 cm³/mol. The molecule has 2 atom stereocenters. The fraction of sp³-hybridized carbons (Fsp3) is 0.462. The van der Waals surface area contributed by atoms with Crippen LogP contribution in [0.25, 0.3) is 11.1 Å². The highest BCUT2D eigenvalue weighted by molar-refractivity contribution is 6.33. The zero-order valence-electron chi connectivity index (χ0n) is 18.9. The molecule has 0 radical (unpaired) electrons. The van der Waals surface area contributed by atoms with Crippen LogP contribution in [0, 0.1) is 5.92 Å². The van der Waals surface area contributed by atoms with Crippen LogP contribution in [0.3, 0.4) is 0 Å². The van der Waals surface area contributed by atoms with Crippen molar-refractivity contribution >= 4 is 35.0 Å². The minimum Gasteiger partial charge on any atom is -0.490 e. The van der Waals surface area contributed by atoms with Gasteiger partial charge in [0, 0.05) is 67.0 Å². The van der Waals surface area contributed by atoms with Crippen LogP contribution in [-0.2, 0) is 9.53 Å². The molecule has 3 saturated heterocycles. The lowest BCUT2D eigenvalue weighted by Gasteiger charge is -2.43. The van der Waals surface area contributed by atoms with Crippen molar-refractivity contribution in [3.05, 3.63) is 52.5 Å². The Hall–Kier alpha value is -2.28. The summed E-state index contributed by atoms with van der Waals surface area (Å²) in [5, 5.41) is 1.34. The van der Waals surface area contributed by atoms with Gasteiger partial charge in [-0.15, -0.1) is 0 Å². The van der Waals surface area contributed by atoms with E-state index in [-0.39, 0.29) is 36.5 Å². The highest BCUT2D eigenvalue weighted by atomic mass is 35.5. The highest BCUT2D eigenvalue weighted by Gasteiger charge is 2.38. The fourth-order valence-electron chi connectivity index (χ4n) is 5.14. The summed E-state index contributed by atoms with van der Waals surface area (Å²) in [5.74, 6) is 1.03. The standard InChI is InChI=1S/C26H28Cl2N2O4/c27-19-3-1-17(2-4-19)23-14-22(5-6-24(23)28)34-21-7-10-29(11-8-21)26(32)30-12-9-25-18(15-30)13-20(31)16-33-25/h1-6,14,18,21,25H,7-13,15-16H2/t18-,25+/m1/s1. The number of hydrogen-bond donors (Lipinski definition) is 0. The lowest BCUT2D eigenvalue weighted by atomic mass is 9.88. The van der Waals surface area contributed by atoms with E-state index >= 15 is 0 Å². The number of benzene rings is 2. The van der Waals surface area contributed by atoms with Crippen LogP contribution in [0.2, 0.25) is 10.0 Å². The summed E-state index contributed by atoms with van der Waals surface area (Å²) in [5.41, 5.74) is 1.88. The lowest BCUT2D eigenvalue weighted by Crippen LogP contribution is -2.55. The second-order valence-corrected chi connectivity index (χ2v) is 10.2. The van der Waals surface area contributed by atoms with Crippen LogP contribution in [0.4, 0.5) is 4.79 Å². The zero-order chi connectivity index (χ0) is 23.7. The number of rotatable bonds is 3. The first-order valence-electron chi connectivity index (χ1n) is 11.9. The van der Waals surface area contributed by atoms with E-state index in [9.17, 15) is 9.59 Å². The summed E-state index contributed by atoms with van der Waals surface area (Å²) < 4.78 is 11.9. The molecule has 2 aromatic rings. The summed E-state index contributed by atoms with van der Waals surface area (Å²) >= 11 is 12.4. The number of Topliss-reactive ketones (excluding diaryl/α,β-unsaturated/α-hetero) is 1. The molecule has 3 aliphatic rings. The van der Waals surface area contributed by atoms with Crippen molar-refractivity contribution in [3.63, 3.8) is 0 Å². The molecule has 180 valence electrons. The van der Waals surface area contributed by atoms with Crippen molar-refractivity contribution in [2.75, 3.05) is 32.8 Å². The number of piperidine rings is 2. The summed E-state index contributed by atoms with van der Waals surface area (Å²) in [6.45, 7) is 2.81. The summed E-state index contributed by atoms with van der Waals surface area (Å²) in [4.78, 5) is 28.6. The second kappa shape index (κ2) is 10.1. The average molecular weight is 503 g/mol. The molecule has 0 N–H and O–H groups in total. The number of fused-ring (bicyclic) bond motifs is 1. The van der Waals surface area contributed by atoms with E-state index < -0.39 is 0 Å². The Bertz CT molecular complexity index is 1050. The number of hydrogen-bond acceptors (Lipinski definition) is 4. The Morgan fingerprint density at radius 3 is 2.47 bits per heavy atom. The van der Waals surface area contributed by atoms with Crippen LogP contribution >= 0.6 is 23.2 Å². The zero-order valence-corrected chi connectivity index (χ0v) is 20.4. The van der Waals surface area contributed by atoms with Crippen molar-refractivity contribution in [3.8, 4) is 16.9 Å². The van der Waals surface area contributed by atoms with Gasteiger partial charge in [0.1, 0.15) is 18.5 Å². The third-order valence-corrected chi connectivity index (χ3v) is 7.57. The third-order valence-electron chi connectivity index (χ3n) is 6.99. The molecule has 0 aliphatic carbocycles. The van der Waals surface area contributed by atoms with Gasteiger partial charge >= 0.3 is 6.03 Å². The maximum Gasteiger partial charge on any atom is 0.320 e. The number of amides is 2. The minimum absolute atomic E-state index is 0.0402. The van der Waals surface area contributed by atoms with Gasteiger partial charge in [-0.2, -0.15) is 0 Å². The van der Waals surface area contributed by atoms with Gasteiger partial charge < -0.3 is 19.3 Å². The van der Waals surface area contributed by atoms with Crippen molar-refractivity contribution in [2.45, 2.75) is 37.9 Å².